The molecule has 0 aliphatic heterocycles. The van der Waals surface area contributed by atoms with Crippen LogP contribution in [0.25, 0.3) is 28.0 Å². The molecule has 0 aromatic heterocycles. The van der Waals surface area contributed by atoms with Gasteiger partial charge in [0.25, 0.3) is 0 Å². The Morgan fingerprint density at radius 2 is 1.65 bits per heavy atom. The predicted molar refractivity (Wildman–Crippen MR) is 102 cm³/mol. The number of carbonyl (C=O) groups is 1. The van der Waals surface area contributed by atoms with Crippen molar-refractivity contribution in [1.82, 2.24) is 0 Å². The maximum Gasteiger partial charge on any atom is 0.228 e. The highest BCUT2D eigenvalue weighted by atomic mass is 16.5. The largest absolute Gasteiger partial charge is 0.497 e. The van der Waals surface area contributed by atoms with Gasteiger partial charge in [0.1, 0.15) is 11.5 Å². The predicted octanol–water partition coefficient (Wildman–Crippen LogP) is 4.71. The van der Waals surface area contributed by atoms with E-state index in [1.165, 1.54) is 7.11 Å². The van der Waals surface area contributed by atoms with E-state index in [1.807, 2.05) is 42.5 Å². The lowest BCUT2D eigenvalue weighted by molar-refractivity contribution is 0.0957. The van der Waals surface area contributed by atoms with Crippen molar-refractivity contribution in [2.75, 3.05) is 21.3 Å². The van der Waals surface area contributed by atoms with Crippen molar-refractivity contribution in [2.24, 2.45) is 0 Å². The maximum atomic E-state index is 12.8. The van der Waals surface area contributed by atoms with Crippen LogP contribution in [0.4, 0.5) is 0 Å². The van der Waals surface area contributed by atoms with Gasteiger partial charge in [0.2, 0.25) is 5.78 Å². The minimum absolute atomic E-state index is 0.106. The van der Waals surface area contributed by atoms with Gasteiger partial charge in [-0.3, -0.25) is 4.79 Å². The fourth-order valence-electron chi connectivity index (χ4n) is 3.44. The summed E-state index contributed by atoms with van der Waals surface area (Å²) >= 11 is 0. The molecule has 0 bridgehead atoms. The number of Topliss-reactive ketones (excluding diaryl/α,β-unsaturated/α-hetero) is 1. The van der Waals surface area contributed by atoms with E-state index < -0.39 is 0 Å². The highest BCUT2D eigenvalue weighted by Crippen LogP contribution is 2.39. The van der Waals surface area contributed by atoms with E-state index >= 15 is 0 Å². The zero-order valence-corrected chi connectivity index (χ0v) is 14.8. The van der Waals surface area contributed by atoms with Gasteiger partial charge in [0.15, 0.2) is 5.76 Å². The number of ether oxygens (including phenoxy) is 3. The Hall–Kier alpha value is -3.27. The summed E-state index contributed by atoms with van der Waals surface area (Å²) < 4.78 is 16.1. The zero-order chi connectivity index (χ0) is 18.3. The summed E-state index contributed by atoms with van der Waals surface area (Å²) in [7, 11) is 4.76. The summed E-state index contributed by atoms with van der Waals surface area (Å²) in [5.74, 6) is 1.66. The molecule has 0 amide bonds. The Bertz CT molecular complexity index is 1060. The smallest absolute Gasteiger partial charge is 0.228 e. The SMILES string of the molecule is COC1=Cc2cccc3cc(-c4ccc(OC)cc4OC)cc(c23)C1=O. The first-order chi connectivity index (χ1) is 12.7. The molecule has 0 heterocycles. The van der Waals surface area contributed by atoms with Gasteiger partial charge in [-0.25, -0.2) is 0 Å². The second kappa shape index (κ2) is 6.23. The quantitative estimate of drug-likeness (QED) is 0.686. The molecule has 4 nitrogen and oxygen atoms in total. The number of hydrogen-bond acceptors (Lipinski definition) is 4. The second-order valence-corrected chi connectivity index (χ2v) is 6.08. The van der Waals surface area contributed by atoms with Crippen LogP contribution >= 0.6 is 0 Å². The van der Waals surface area contributed by atoms with E-state index in [0.29, 0.717) is 17.1 Å². The summed E-state index contributed by atoms with van der Waals surface area (Å²) in [6.07, 6.45) is 1.80. The van der Waals surface area contributed by atoms with Crippen LogP contribution in [0.15, 0.2) is 54.3 Å². The van der Waals surface area contributed by atoms with Gasteiger partial charge in [0.05, 0.1) is 21.3 Å². The van der Waals surface area contributed by atoms with Crippen molar-refractivity contribution >= 4 is 22.6 Å². The molecule has 0 N–H and O–H groups in total. The second-order valence-electron chi connectivity index (χ2n) is 6.08. The zero-order valence-electron chi connectivity index (χ0n) is 14.8. The van der Waals surface area contributed by atoms with Gasteiger partial charge in [-0.2, -0.15) is 0 Å². The maximum absolute atomic E-state index is 12.8. The molecule has 1 aliphatic rings. The molecule has 1 aliphatic carbocycles. The van der Waals surface area contributed by atoms with Crippen molar-refractivity contribution in [3.63, 3.8) is 0 Å². The van der Waals surface area contributed by atoms with Crippen molar-refractivity contribution in [3.05, 3.63) is 65.4 Å². The van der Waals surface area contributed by atoms with Gasteiger partial charge in [-0.05, 0) is 46.9 Å². The number of benzene rings is 3. The normalized spacial score (nSPS) is 12.7. The standard InChI is InChI=1S/C22H18O4/c1-24-16-7-8-17(19(12-16)25-2)15-9-13-5-4-6-14-11-20(26-3)22(23)18(10-15)21(13)14/h4-12H,1-3H3. The van der Waals surface area contributed by atoms with Crippen LogP contribution in [0.2, 0.25) is 0 Å². The van der Waals surface area contributed by atoms with Gasteiger partial charge in [-0.1, -0.05) is 18.2 Å². The van der Waals surface area contributed by atoms with Crippen molar-refractivity contribution < 1.29 is 19.0 Å². The van der Waals surface area contributed by atoms with Crippen molar-refractivity contribution in [3.8, 4) is 22.6 Å². The molecule has 130 valence electrons. The Morgan fingerprint density at radius 1 is 0.808 bits per heavy atom. The first-order valence-electron chi connectivity index (χ1n) is 8.26. The molecular weight excluding hydrogens is 328 g/mol. The minimum Gasteiger partial charge on any atom is -0.497 e. The van der Waals surface area contributed by atoms with Crippen LogP contribution in [-0.4, -0.2) is 27.1 Å². The molecule has 0 fully saturated rings. The third-order valence-corrected chi connectivity index (χ3v) is 4.70. The fraction of sp³-hybridized carbons (Fsp3) is 0.136. The third-order valence-electron chi connectivity index (χ3n) is 4.70. The molecule has 0 radical (unpaired) electrons. The molecule has 0 atom stereocenters. The summed E-state index contributed by atoms with van der Waals surface area (Å²) in [4.78, 5) is 12.8. The molecule has 0 unspecified atom stereocenters. The van der Waals surface area contributed by atoms with Gasteiger partial charge >= 0.3 is 0 Å². The first kappa shape index (κ1) is 16.2. The number of ketones is 1. The van der Waals surface area contributed by atoms with E-state index in [-0.39, 0.29) is 5.78 Å². The average Bonchev–Trinajstić information content (AvgIpc) is 2.69. The van der Waals surface area contributed by atoms with E-state index in [9.17, 15) is 4.79 Å². The molecule has 4 heteroatoms. The van der Waals surface area contributed by atoms with Crippen LogP contribution in [0.5, 0.6) is 11.5 Å². The Kier molecular flexibility index (Phi) is 3.88. The minimum atomic E-state index is -0.106. The molecule has 0 saturated heterocycles. The monoisotopic (exact) mass is 346 g/mol. The highest BCUT2D eigenvalue weighted by molar-refractivity contribution is 6.22. The third kappa shape index (κ3) is 2.42. The van der Waals surface area contributed by atoms with Crippen LogP contribution in [0, 0.1) is 0 Å². The number of methoxy groups -OCH3 is 3. The van der Waals surface area contributed by atoms with Gasteiger partial charge < -0.3 is 14.2 Å². The summed E-state index contributed by atoms with van der Waals surface area (Å²) in [6, 6.07) is 15.6. The lowest BCUT2D eigenvalue weighted by atomic mass is 9.88. The molecule has 3 aromatic rings. The van der Waals surface area contributed by atoms with E-state index in [1.54, 1.807) is 20.3 Å². The summed E-state index contributed by atoms with van der Waals surface area (Å²) in [6.45, 7) is 0. The molecule has 3 aromatic carbocycles. The average molecular weight is 346 g/mol. The van der Waals surface area contributed by atoms with E-state index in [0.717, 1.165) is 33.2 Å². The first-order valence-corrected chi connectivity index (χ1v) is 8.26. The lowest BCUT2D eigenvalue weighted by Gasteiger charge is -2.18. The van der Waals surface area contributed by atoms with Gasteiger partial charge in [-0.15, -0.1) is 0 Å². The van der Waals surface area contributed by atoms with Crippen LogP contribution in [0.1, 0.15) is 15.9 Å². The number of allylic oxidation sites excluding steroid dienone is 1. The Morgan fingerprint density at radius 3 is 2.38 bits per heavy atom. The molecule has 4 rings (SSSR count). The number of rotatable bonds is 4. The lowest BCUT2D eigenvalue weighted by Crippen LogP contribution is -2.10. The van der Waals surface area contributed by atoms with Crippen molar-refractivity contribution in [1.29, 1.82) is 0 Å². The molecule has 0 saturated carbocycles. The van der Waals surface area contributed by atoms with E-state index in [4.69, 9.17) is 14.2 Å². The highest BCUT2D eigenvalue weighted by Gasteiger charge is 2.24. The Labute approximate surface area is 151 Å². The molecular formula is C22H18O4. The summed E-state index contributed by atoms with van der Waals surface area (Å²) in [5.41, 5.74) is 3.44. The van der Waals surface area contributed by atoms with Crippen molar-refractivity contribution in [2.45, 2.75) is 0 Å². The molecule has 26 heavy (non-hydrogen) atoms. The molecule has 0 spiro atoms. The van der Waals surface area contributed by atoms with Crippen LogP contribution < -0.4 is 9.47 Å². The number of hydrogen-bond donors (Lipinski definition) is 0. The van der Waals surface area contributed by atoms with Crippen LogP contribution in [-0.2, 0) is 4.74 Å². The topological polar surface area (TPSA) is 44.8 Å². The van der Waals surface area contributed by atoms with E-state index in [2.05, 4.69) is 6.07 Å². The Balaban J connectivity index is 1.98. The fourth-order valence-corrected chi connectivity index (χ4v) is 3.44. The van der Waals surface area contributed by atoms with Gasteiger partial charge in [0, 0.05) is 22.6 Å². The summed E-state index contributed by atoms with van der Waals surface area (Å²) in [5, 5.41) is 1.96. The van der Waals surface area contributed by atoms with Crippen LogP contribution in [0.3, 0.4) is 0 Å². The number of carbonyl (C=O) groups excluding carboxylic acids is 1.